The normalized spacial score (nSPS) is 25.7. The number of nitrogens with one attached hydrogen (secondary N) is 1. The molecular formula is C20H42N2O. The molecule has 0 bridgehead atoms. The van der Waals surface area contributed by atoms with E-state index in [0.717, 1.165) is 25.6 Å². The molecule has 138 valence electrons. The fourth-order valence-corrected chi connectivity index (χ4v) is 3.62. The molecule has 0 amide bonds. The Morgan fingerprint density at radius 1 is 1.13 bits per heavy atom. The average Bonchev–Trinajstić information content (AvgIpc) is 2.49. The second kappa shape index (κ2) is 10.7. The Bertz CT molecular complexity index is 304. The van der Waals surface area contributed by atoms with E-state index in [-0.39, 0.29) is 0 Å². The van der Waals surface area contributed by atoms with E-state index in [9.17, 15) is 0 Å². The molecule has 3 heteroatoms. The van der Waals surface area contributed by atoms with Crippen LogP contribution in [-0.2, 0) is 4.74 Å². The Morgan fingerprint density at radius 2 is 1.87 bits per heavy atom. The first-order valence-electron chi connectivity index (χ1n) is 9.82. The van der Waals surface area contributed by atoms with Crippen molar-refractivity contribution in [2.75, 3.05) is 40.3 Å². The van der Waals surface area contributed by atoms with Crippen molar-refractivity contribution in [3.05, 3.63) is 0 Å². The molecule has 0 spiro atoms. The highest BCUT2D eigenvalue weighted by Crippen LogP contribution is 2.43. The van der Waals surface area contributed by atoms with E-state index in [1.54, 1.807) is 0 Å². The van der Waals surface area contributed by atoms with Gasteiger partial charge in [0.25, 0.3) is 0 Å². The molecule has 1 fully saturated rings. The standard InChI is InChI=1S/C20H42N2O/c1-17(2)8-9-20(10-13-21-12-7-14-22(5)6)11-15-23-19(16-20)18(3)4/h17-19,21H,7-16H2,1-6H3/t19-,20+/m0/s1. The van der Waals surface area contributed by atoms with Crippen LogP contribution in [0, 0.1) is 17.3 Å². The summed E-state index contributed by atoms with van der Waals surface area (Å²) in [6.45, 7) is 13.8. The lowest BCUT2D eigenvalue weighted by Crippen LogP contribution is -2.40. The number of ether oxygens (including phenoxy) is 1. The van der Waals surface area contributed by atoms with Crippen molar-refractivity contribution in [3.63, 3.8) is 0 Å². The fourth-order valence-electron chi connectivity index (χ4n) is 3.62. The first-order chi connectivity index (χ1) is 10.8. The van der Waals surface area contributed by atoms with Crippen LogP contribution in [0.25, 0.3) is 0 Å². The summed E-state index contributed by atoms with van der Waals surface area (Å²) in [5, 5.41) is 3.68. The van der Waals surface area contributed by atoms with Crippen LogP contribution in [0.15, 0.2) is 0 Å². The molecule has 0 saturated carbocycles. The summed E-state index contributed by atoms with van der Waals surface area (Å²) in [7, 11) is 4.30. The van der Waals surface area contributed by atoms with Crippen molar-refractivity contribution in [1.29, 1.82) is 0 Å². The van der Waals surface area contributed by atoms with E-state index < -0.39 is 0 Å². The predicted molar refractivity (Wildman–Crippen MR) is 101 cm³/mol. The summed E-state index contributed by atoms with van der Waals surface area (Å²) in [4.78, 5) is 2.26. The van der Waals surface area contributed by atoms with E-state index in [0.29, 0.717) is 17.4 Å². The fraction of sp³-hybridized carbons (Fsp3) is 1.00. The predicted octanol–water partition coefficient (Wildman–Crippen LogP) is 4.18. The number of nitrogens with zero attached hydrogens (tertiary/aromatic N) is 1. The summed E-state index contributed by atoms with van der Waals surface area (Å²) in [5.74, 6) is 1.45. The van der Waals surface area contributed by atoms with Crippen molar-refractivity contribution < 1.29 is 4.74 Å². The number of rotatable bonds is 11. The molecule has 1 heterocycles. The highest BCUT2D eigenvalue weighted by Gasteiger charge is 2.37. The molecule has 1 saturated heterocycles. The van der Waals surface area contributed by atoms with Gasteiger partial charge in [0.15, 0.2) is 0 Å². The highest BCUT2D eigenvalue weighted by atomic mass is 16.5. The molecule has 0 aliphatic carbocycles. The molecule has 23 heavy (non-hydrogen) atoms. The average molecular weight is 327 g/mol. The van der Waals surface area contributed by atoms with Gasteiger partial charge >= 0.3 is 0 Å². The second-order valence-electron chi connectivity index (χ2n) is 8.70. The topological polar surface area (TPSA) is 24.5 Å². The molecule has 2 atom stereocenters. The molecule has 1 rings (SSSR count). The Balaban J connectivity index is 2.45. The third-order valence-corrected chi connectivity index (χ3v) is 5.39. The smallest absolute Gasteiger partial charge is 0.0603 e. The van der Waals surface area contributed by atoms with Gasteiger partial charge in [0.1, 0.15) is 0 Å². The monoisotopic (exact) mass is 326 g/mol. The number of hydrogen-bond acceptors (Lipinski definition) is 3. The molecule has 0 aromatic heterocycles. The molecule has 1 aliphatic heterocycles. The van der Waals surface area contributed by atoms with Crippen LogP contribution in [0.1, 0.15) is 66.2 Å². The van der Waals surface area contributed by atoms with Crippen molar-refractivity contribution >= 4 is 0 Å². The van der Waals surface area contributed by atoms with Gasteiger partial charge in [-0.1, -0.05) is 34.1 Å². The molecule has 0 radical (unpaired) electrons. The van der Waals surface area contributed by atoms with E-state index in [2.05, 4.69) is 52.0 Å². The van der Waals surface area contributed by atoms with Gasteiger partial charge in [-0.3, -0.25) is 0 Å². The Morgan fingerprint density at radius 3 is 2.48 bits per heavy atom. The van der Waals surface area contributed by atoms with Crippen molar-refractivity contribution in [3.8, 4) is 0 Å². The van der Waals surface area contributed by atoms with E-state index in [4.69, 9.17) is 4.74 Å². The Labute approximate surface area is 145 Å². The van der Waals surface area contributed by atoms with Gasteiger partial charge in [-0.2, -0.15) is 0 Å². The molecule has 0 unspecified atom stereocenters. The van der Waals surface area contributed by atoms with Gasteiger partial charge in [0.2, 0.25) is 0 Å². The third-order valence-electron chi connectivity index (χ3n) is 5.39. The van der Waals surface area contributed by atoms with Gasteiger partial charge in [0.05, 0.1) is 6.10 Å². The van der Waals surface area contributed by atoms with Gasteiger partial charge in [-0.25, -0.2) is 0 Å². The molecule has 0 aromatic carbocycles. The molecule has 1 N–H and O–H groups in total. The maximum Gasteiger partial charge on any atom is 0.0603 e. The zero-order chi connectivity index (χ0) is 17.3. The van der Waals surface area contributed by atoms with Crippen molar-refractivity contribution in [2.45, 2.75) is 72.3 Å². The van der Waals surface area contributed by atoms with Crippen LogP contribution < -0.4 is 5.32 Å². The van der Waals surface area contributed by atoms with Crippen molar-refractivity contribution in [1.82, 2.24) is 10.2 Å². The van der Waals surface area contributed by atoms with E-state index in [1.165, 1.54) is 45.1 Å². The zero-order valence-corrected chi connectivity index (χ0v) is 16.7. The Hall–Kier alpha value is -0.120. The minimum absolute atomic E-state index is 0.463. The van der Waals surface area contributed by atoms with Gasteiger partial charge < -0.3 is 15.0 Å². The first kappa shape index (κ1) is 20.9. The summed E-state index contributed by atoms with van der Waals surface area (Å²) in [5.41, 5.74) is 0.506. The first-order valence-corrected chi connectivity index (χ1v) is 9.82. The quantitative estimate of drug-likeness (QED) is 0.577. The molecular weight excluding hydrogens is 284 g/mol. The van der Waals surface area contributed by atoms with Crippen LogP contribution in [0.5, 0.6) is 0 Å². The highest BCUT2D eigenvalue weighted by molar-refractivity contribution is 4.88. The second-order valence-corrected chi connectivity index (χ2v) is 8.70. The lowest BCUT2D eigenvalue weighted by Gasteiger charge is -2.43. The van der Waals surface area contributed by atoms with Crippen molar-refractivity contribution in [2.24, 2.45) is 17.3 Å². The van der Waals surface area contributed by atoms with E-state index in [1.807, 2.05) is 0 Å². The maximum absolute atomic E-state index is 6.05. The molecule has 1 aliphatic rings. The third kappa shape index (κ3) is 8.51. The van der Waals surface area contributed by atoms with Gasteiger partial charge in [0, 0.05) is 6.61 Å². The maximum atomic E-state index is 6.05. The van der Waals surface area contributed by atoms with Crippen LogP contribution >= 0.6 is 0 Å². The minimum atomic E-state index is 0.463. The lowest BCUT2D eigenvalue weighted by molar-refractivity contribution is -0.0761. The SMILES string of the molecule is CC(C)CC[C@@]1(CCNCCCN(C)C)CCO[C@H](C(C)C)C1. The number of hydrogen-bond donors (Lipinski definition) is 1. The minimum Gasteiger partial charge on any atom is -0.378 e. The summed E-state index contributed by atoms with van der Waals surface area (Å²) in [6.07, 6.45) is 8.25. The lowest BCUT2D eigenvalue weighted by atomic mass is 9.69. The Kier molecular flexibility index (Phi) is 9.72. The van der Waals surface area contributed by atoms with Crippen LogP contribution in [0.2, 0.25) is 0 Å². The van der Waals surface area contributed by atoms with Gasteiger partial charge in [-0.15, -0.1) is 0 Å². The largest absolute Gasteiger partial charge is 0.378 e. The van der Waals surface area contributed by atoms with Crippen LogP contribution in [0.3, 0.4) is 0 Å². The summed E-state index contributed by atoms with van der Waals surface area (Å²) in [6, 6.07) is 0. The zero-order valence-electron chi connectivity index (χ0n) is 16.7. The molecule has 0 aromatic rings. The van der Waals surface area contributed by atoms with Gasteiger partial charge in [-0.05, 0) is 83.1 Å². The van der Waals surface area contributed by atoms with Crippen LogP contribution in [-0.4, -0.2) is 51.3 Å². The van der Waals surface area contributed by atoms with Crippen LogP contribution in [0.4, 0.5) is 0 Å². The summed E-state index contributed by atoms with van der Waals surface area (Å²) < 4.78 is 6.05. The summed E-state index contributed by atoms with van der Waals surface area (Å²) >= 11 is 0. The molecule has 3 nitrogen and oxygen atoms in total. The van der Waals surface area contributed by atoms with E-state index >= 15 is 0 Å².